The Kier molecular flexibility index (Phi) is 5.30. The van der Waals surface area contributed by atoms with Gasteiger partial charge in [0.2, 0.25) is 0 Å². The fourth-order valence-electron chi connectivity index (χ4n) is 2.36. The van der Waals surface area contributed by atoms with Gasteiger partial charge in [0, 0.05) is 25.4 Å². The summed E-state index contributed by atoms with van der Waals surface area (Å²) in [6, 6.07) is 0. The van der Waals surface area contributed by atoms with Crippen LogP contribution in [0.2, 0.25) is 0 Å². The van der Waals surface area contributed by atoms with Gasteiger partial charge in [0.15, 0.2) is 0 Å². The molecule has 2 unspecified atom stereocenters. The van der Waals surface area contributed by atoms with Gasteiger partial charge in [-0.15, -0.1) is 0 Å². The highest BCUT2D eigenvalue weighted by Crippen LogP contribution is 2.21. The first-order valence-electron chi connectivity index (χ1n) is 6.34. The summed E-state index contributed by atoms with van der Waals surface area (Å²) in [7, 11) is 2.15. The highest BCUT2D eigenvalue weighted by Gasteiger charge is 2.23. The van der Waals surface area contributed by atoms with E-state index in [1.165, 1.54) is 12.8 Å². The molecule has 2 nitrogen and oxygen atoms in total. The number of carbonyl (C=O) groups is 1. The molecule has 0 bridgehead atoms. The van der Waals surface area contributed by atoms with Crippen LogP contribution in [0.1, 0.15) is 46.0 Å². The lowest BCUT2D eigenvalue weighted by molar-refractivity contribution is -0.125. The van der Waals surface area contributed by atoms with E-state index in [1.54, 1.807) is 0 Å². The highest BCUT2D eigenvalue weighted by molar-refractivity contribution is 5.81. The minimum Gasteiger partial charge on any atom is -0.305 e. The standard InChI is InChI=1S/C13H25NO/c1-4-11(2)9-14(3)10-12-7-5-6-8-13(12)15/h11-12H,4-10H2,1-3H3. The molecule has 0 radical (unpaired) electrons. The lowest BCUT2D eigenvalue weighted by Gasteiger charge is -2.27. The number of hydrogen-bond acceptors (Lipinski definition) is 2. The Balaban J connectivity index is 2.29. The van der Waals surface area contributed by atoms with Crippen molar-refractivity contribution in [3.63, 3.8) is 0 Å². The Morgan fingerprint density at radius 2 is 2.20 bits per heavy atom. The minimum absolute atomic E-state index is 0.327. The summed E-state index contributed by atoms with van der Waals surface area (Å²) in [6.07, 6.45) is 5.52. The van der Waals surface area contributed by atoms with E-state index in [-0.39, 0.29) is 0 Å². The van der Waals surface area contributed by atoms with E-state index in [0.29, 0.717) is 11.7 Å². The van der Waals surface area contributed by atoms with Crippen molar-refractivity contribution in [2.75, 3.05) is 20.1 Å². The van der Waals surface area contributed by atoms with Gasteiger partial charge in [-0.05, 0) is 25.8 Å². The molecule has 1 aliphatic carbocycles. The molecule has 0 amide bonds. The summed E-state index contributed by atoms with van der Waals surface area (Å²) < 4.78 is 0. The molecule has 0 aromatic heterocycles. The number of nitrogens with zero attached hydrogens (tertiary/aromatic N) is 1. The van der Waals surface area contributed by atoms with E-state index in [4.69, 9.17) is 0 Å². The van der Waals surface area contributed by atoms with Crippen molar-refractivity contribution in [2.45, 2.75) is 46.0 Å². The Morgan fingerprint density at radius 1 is 1.47 bits per heavy atom. The number of carbonyl (C=O) groups excluding carboxylic acids is 1. The van der Waals surface area contributed by atoms with Gasteiger partial charge >= 0.3 is 0 Å². The van der Waals surface area contributed by atoms with Crippen molar-refractivity contribution in [1.29, 1.82) is 0 Å². The summed E-state index contributed by atoms with van der Waals surface area (Å²) >= 11 is 0. The molecular formula is C13H25NO. The van der Waals surface area contributed by atoms with Gasteiger partial charge in [0.1, 0.15) is 5.78 Å². The molecule has 0 aromatic rings. The molecule has 1 aliphatic rings. The molecule has 1 fully saturated rings. The average molecular weight is 211 g/mol. The predicted molar refractivity (Wildman–Crippen MR) is 63.9 cm³/mol. The molecule has 1 rings (SSSR count). The smallest absolute Gasteiger partial charge is 0.137 e. The van der Waals surface area contributed by atoms with Crippen molar-refractivity contribution in [3.05, 3.63) is 0 Å². The van der Waals surface area contributed by atoms with Gasteiger partial charge in [-0.25, -0.2) is 0 Å². The summed E-state index contributed by atoms with van der Waals surface area (Å²) in [5, 5.41) is 0. The zero-order chi connectivity index (χ0) is 11.3. The maximum Gasteiger partial charge on any atom is 0.137 e. The topological polar surface area (TPSA) is 20.3 Å². The molecule has 0 saturated heterocycles. The molecule has 2 atom stereocenters. The van der Waals surface area contributed by atoms with Gasteiger partial charge in [-0.3, -0.25) is 4.79 Å². The summed E-state index contributed by atoms with van der Waals surface area (Å²) in [5.41, 5.74) is 0. The van der Waals surface area contributed by atoms with Crippen LogP contribution in [0, 0.1) is 11.8 Å². The van der Waals surface area contributed by atoms with Gasteiger partial charge in [-0.1, -0.05) is 26.7 Å². The molecule has 0 spiro atoms. The van der Waals surface area contributed by atoms with Gasteiger partial charge in [0.05, 0.1) is 0 Å². The first-order valence-corrected chi connectivity index (χ1v) is 6.34. The van der Waals surface area contributed by atoms with Crippen LogP contribution in [0.5, 0.6) is 0 Å². The molecule has 0 N–H and O–H groups in total. The maximum absolute atomic E-state index is 11.7. The van der Waals surface area contributed by atoms with E-state index < -0.39 is 0 Å². The van der Waals surface area contributed by atoms with E-state index in [9.17, 15) is 4.79 Å². The minimum atomic E-state index is 0.327. The van der Waals surface area contributed by atoms with Crippen molar-refractivity contribution in [2.24, 2.45) is 11.8 Å². The van der Waals surface area contributed by atoms with Crippen LogP contribution in [-0.2, 0) is 4.79 Å². The Morgan fingerprint density at radius 3 is 2.80 bits per heavy atom. The van der Waals surface area contributed by atoms with Gasteiger partial charge in [0.25, 0.3) is 0 Å². The van der Waals surface area contributed by atoms with Crippen molar-refractivity contribution >= 4 is 5.78 Å². The van der Waals surface area contributed by atoms with Crippen LogP contribution in [0.3, 0.4) is 0 Å². The average Bonchev–Trinajstić information content (AvgIpc) is 2.21. The van der Waals surface area contributed by atoms with Crippen LogP contribution < -0.4 is 0 Å². The molecule has 0 aromatic carbocycles. The molecule has 0 aliphatic heterocycles. The monoisotopic (exact) mass is 211 g/mol. The van der Waals surface area contributed by atoms with Crippen molar-refractivity contribution < 1.29 is 4.79 Å². The van der Waals surface area contributed by atoms with Crippen LogP contribution in [-0.4, -0.2) is 30.8 Å². The van der Waals surface area contributed by atoms with Crippen LogP contribution in [0.15, 0.2) is 0 Å². The van der Waals surface area contributed by atoms with Crippen molar-refractivity contribution in [1.82, 2.24) is 4.90 Å². The molecular weight excluding hydrogens is 186 g/mol. The molecule has 2 heteroatoms. The summed E-state index contributed by atoms with van der Waals surface area (Å²) in [4.78, 5) is 14.0. The second kappa shape index (κ2) is 6.26. The fraction of sp³-hybridized carbons (Fsp3) is 0.923. The normalized spacial score (nSPS) is 24.5. The zero-order valence-electron chi connectivity index (χ0n) is 10.5. The van der Waals surface area contributed by atoms with Crippen LogP contribution >= 0.6 is 0 Å². The van der Waals surface area contributed by atoms with E-state index in [1.807, 2.05) is 0 Å². The Bertz CT molecular complexity index is 203. The third-order valence-corrected chi connectivity index (χ3v) is 3.53. The third-order valence-electron chi connectivity index (χ3n) is 3.53. The Hall–Kier alpha value is -0.370. The largest absolute Gasteiger partial charge is 0.305 e. The molecule has 15 heavy (non-hydrogen) atoms. The van der Waals surface area contributed by atoms with Crippen LogP contribution in [0.25, 0.3) is 0 Å². The van der Waals surface area contributed by atoms with E-state index in [0.717, 1.165) is 38.3 Å². The number of Topliss-reactive ketones (excluding diaryl/α,β-unsaturated/α-hetero) is 1. The zero-order valence-corrected chi connectivity index (χ0v) is 10.5. The first kappa shape index (κ1) is 12.7. The molecule has 88 valence electrons. The fourth-order valence-corrected chi connectivity index (χ4v) is 2.36. The summed E-state index contributed by atoms with van der Waals surface area (Å²) in [6.45, 7) is 6.60. The second-order valence-electron chi connectivity index (χ2n) is 5.14. The second-order valence-corrected chi connectivity index (χ2v) is 5.14. The Labute approximate surface area is 94.0 Å². The molecule has 1 saturated carbocycles. The van der Waals surface area contributed by atoms with Crippen molar-refractivity contribution in [3.8, 4) is 0 Å². The quantitative estimate of drug-likeness (QED) is 0.697. The van der Waals surface area contributed by atoms with Gasteiger partial charge < -0.3 is 4.90 Å². The number of ketones is 1. The number of rotatable bonds is 5. The highest BCUT2D eigenvalue weighted by atomic mass is 16.1. The predicted octanol–water partition coefficient (Wildman–Crippen LogP) is 2.72. The van der Waals surface area contributed by atoms with Crippen LogP contribution in [0.4, 0.5) is 0 Å². The SMILES string of the molecule is CCC(C)CN(C)CC1CCCCC1=O. The first-order chi connectivity index (χ1) is 7.13. The molecule has 0 heterocycles. The lowest BCUT2D eigenvalue weighted by Crippen LogP contribution is -2.34. The maximum atomic E-state index is 11.7. The van der Waals surface area contributed by atoms with E-state index in [2.05, 4.69) is 25.8 Å². The summed E-state index contributed by atoms with van der Waals surface area (Å²) in [5.74, 6) is 1.57. The lowest BCUT2D eigenvalue weighted by atomic mass is 9.87. The van der Waals surface area contributed by atoms with E-state index >= 15 is 0 Å². The number of hydrogen-bond donors (Lipinski definition) is 0. The third kappa shape index (κ3) is 4.33. The van der Waals surface area contributed by atoms with Gasteiger partial charge in [-0.2, -0.15) is 0 Å².